The van der Waals surface area contributed by atoms with E-state index in [0.717, 1.165) is 16.8 Å². The molecule has 0 unspecified atom stereocenters. The first-order valence-electron chi connectivity index (χ1n) is 9.12. The highest BCUT2D eigenvalue weighted by Gasteiger charge is 2.36. The molecule has 0 fully saturated rings. The molecular weight excluding hydrogens is 418 g/mol. The number of hydrogen-bond donors (Lipinski definition) is 1. The number of benzene rings is 2. The smallest absolute Gasteiger partial charge is 0.283 e. The van der Waals surface area contributed by atoms with Gasteiger partial charge in [-0.2, -0.15) is 4.99 Å². The van der Waals surface area contributed by atoms with Crippen molar-refractivity contribution in [3.63, 3.8) is 0 Å². The molecule has 1 N–H and O–H groups in total. The highest BCUT2D eigenvalue weighted by Crippen LogP contribution is 2.37. The SMILES string of the molecule is N=C1C(=Cc2ccc(-c3ccccc3Cl)o2)C(=O)N=C2SC=C(c3ccccc3)N12. The Morgan fingerprint density at radius 3 is 2.60 bits per heavy atom. The minimum atomic E-state index is -0.461. The van der Waals surface area contributed by atoms with Crippen LogP contribution in [0.5, 0.6) is 0 Å². The maximum Gasteiger partial charge on any atom is 0.283 e. The van der Waals surface area contributed by atoms with E-state index in [1.165, 1.54) is 11.8 Å². The molecule has 146 valence electrons. The molecule has 0 atom stereocenters. The molecule has 0 radical (unpaired) electrons. The normalized spacial score (nSPS) is 17.2. The minimum Gasteiger partial charge on any atom is -0.457 e. The van der Waals surface area contributed by atoms with Gasteiger partial charge in [0.15, 0.2) is 5.17 Å². The van der Waals surface area contributed by atoms with Gasteiger partial charge in [0.2, 0.25) is 0 Å². The van der Waals surface area contributed by atoms with E-state index in [1.54, 1.807) is 29.2 Å². The summed E-state index contributed by atoms with van der Waals surface area (Å²) in [6, 6.07) is 20.6. The number of aliphatic imine (C=N–C) groups is 1. The van der Waals surface area contributed by atoms with Gasteiger partial charge in [-0.05, 0) is 35.9 Å². The van der Waals surface area contributed by atoms with Crippen molar-refractivity contribution < 1.29 is 9.21 Å². The zero-order valence-corrected chi connectivity index (χ0v) is 17.1. The van der Waals surface area contributed by atoms with Gasteiger partial charge in [0.25, 0.3) is 5.91 Å². The van der Waals surface area contributed by atoms with Crippen molar-refractivity contribution in [2.75, 3.05) is 0 Å². The molecule has 0 saturated carbocycles. The Morgan fingerprint density at radius 2 is 1.80 bits per heavy atom. The number of carbonyl (C=O) groups excluding carboxylic acids is 1. The van der Waals surface area contributed by atoms with Crippen LogP contribution in [0.1, 0.15) is 11.3 Å². The van der Waals surface area contributed by atoms with Crippen LogP contribution in [-0.4, -0.2) is 21.8 Å². The molecule has 7 heteroatoms. The molecule has 0 saturated heterocycles. The molecule has 0 bridgehead atoms. The van der Waals surface area contributed by atoms with Crippen LogP contribution in [0, 0.1) is 5.41 Å². The summed E-state index contributed by atoms with van der Waals surface area (Å²) < 4.78 is 5.88. The topological polar surface area (TPSA) is 69.7 Å². The summed E-state index contributed by atoms with van der Waals surface area (Å²) in [5.74, 6) is 0.653. The van der Waals surface area contributed by atoms with E-state index in [4.69, 9.17) is 21.4 Å². The Balaban J connectivity index is 1.50. The predicted molar refractivity (Wildman–Crippen MR) is 121 cm³/mol. The van der Waals surface area contributed by atoms with Gasteiger partial charge in [-0.3, -0.25) is 15.1 Å². The third-order valence-electron chi connectivity index (χ3n) is 4.74. The minimum absolute atomic E-state index is 0.0702. The summed E-state index contributed by atoms with van der Waals surface area (Å²) in [5, 5.41) is 11.6. The predicted octanol–water partition coefficient (Wildman–Crippen LogP) is 5.90. The van der Waals surface area contributed by atoms with Crippen molar-refractivity contribution in [1.82, 2.24) is 4.90 Å². The highest BCUT2D eigenvalue weighted by molar-refractivity contribution is 8.17. The summed E-state index contributed by atoms with van der Waals surface area (Å²) in [6.07, 6.45) is 1.55. The number of nitrogens with zero attached hydrogens (tertiary/aromatic N) is 2. The van der Waals surface area contributed by atoms with Gasteiger partial charge < -0.3 is 4.42 Å². The summed E-state index contributed by atoms with van der Waals surface area (Å²) in [4.78, 5) is 18.5. The second-order valence-corrected chi connectivity index (χ2v) is 7.85. The Kier molecular flexibility index (Phi) is 4.65. The van der Waals surface area contributed by atoms with Gasteiger partial charge in [-0.25, -0.2) is 0 Å². The van der Waals surface area contributed by atoms with E-state index >= 15 is 0 Å². The highest BCUT2D eigenvalue weighted by atomic mass is 35.5. The number of thioether (sulfide) groups is 1. The van der Waals surface area contributed by atoms with Crippen LogP contribution in [0.4, 0.5) is 0 Å². The fourth-order valence-electron chi connectivity index (χ4n) is 3.29. The van der Waals surface area contributed by atoms with E-state index in [0.29, 0.717) is 21.7 Å². The lowest BCUT2D eigenvalue weighted by atomic mass is 10.1. The number of furan rings is 1. The number of carbonyl (C=O) groups is 1. The van der Waals surface area contributed by atoms with Crippen molar-refractivity contribution >= 4 is 52.0 Å². The molecule has 5 nitrogen and oxygen atoms in total. The van der Waals surface area contributed by atoms with E-state index in [1.807, 2.05) is 53.9 Å². The lowest BCUT2D eigenvalue weighted by Crippen LogP contribution is -2.37. The fraction of sp³-hybridized carbons (Fsp3) is 0. The van der Waals surface area contributed by atoms with Crippen molar-refractivity contribution in [2.24, 2.45) is 4.99 Å². The summed E-state index contributed by atoms with van der Waals surface area (Å²) >= 11 is 7.58. The molecular formula is C23H14ClN3O2S. The average Bonchev–Trinajstić information content (AvgIpc) is 3.39. The number of fused-ring (bicyclic) bond motifs is 1. The monoisotopic (exact) mass is 431 g/mol. The third kappa shape index (κ3) is 3.20. The average molecular weight is 432 g/mol. The molecule has 2 aliphatic heterocycles. The van der Waals surface area contributed by atoms with Gasteiger partial charge in [-0.1, -0.05) is 65.8 Å². The van der Waals surface area contributed by atoms with Gasteiger partial charge in [0.1, 0.15) is 17.4 Å². The standard InChI is InChI=1S/C23H14ClN3O2S/c24-18-9-5-4-8-16(18)20-11-10-15(29-20)12-17-21(25)27-19(14-6-2-1-3-7-14)13-30-23(27)26-22(17)28/h1-13,25H. The maximum atomic E-state index is 12.6. The Morgan fingerprint density at radius 1 is 1.03 bits per heavy atom. The van der Waals surface area contributed by atoms with E-state index < -0.39 is 5.91 Å². The third-order valence-corrected chi connectivity index (χ3v) is 5.89. The van der Waals surface area contributed by atoms with Gasteiger partial charge in [0.05, 0.1) is 16.3 Å². The lowest BCUT2D eigenvalue weighted by molar-refractivity contribution is -0.114. The fourth-order valence-corrected chi connectivity index (χ4v) is 4.41. The number of amidine groups is 2. The van der Waals surface area contributed by atoms with Crippen LogP contribution in [-0.2, 0) is 4.79 Å². The first-order chi connectivity index (χ1) is 14.6. The summed E-state index contributed by atoms with van der Waals surface area (Å²) in [5.41, 5.74) is 2.70. The quantitative estimate of drug-likeness (QED) is 0.524. The van der Waals surface area contributed by atoms with Gasteiger partial charge in [-0.15, -0.1) is 0 Å². The second kappa shape index (κ2) is 7.48. The number of amides is 1. The lowest BCUT2D eigenvalue weighted by Gasteiger charge is -2.26. The molecule has 1 aromatic heterocycles. The molecule has 30 heavy (non-hydrogen) atoms. The Bertz CT molecular complexity index is 1270. The Labute approximate surface area is 181 Å². The van der Waals surface area contributed by atoms with E-state index in [-0.39, 0.29) is 11.4 Å². The number of halogens is 1. The summed E-state index contributed by atoms with van der Waals surface area (Å²) in [6.45, 7) is 0. The molecule has 0 spiro atoms. The second-order valence-electron chi connectivity index (χ2n) is 6.61. The zero-order valence-electron chi connectivity index (χ0n) is 15.5. The van der Waals surface area contributed by atoms with Crippen molar-refractivity contribution in [2.45, 2.75) is 0 Å². The van der Waals surface area contributed by atoms with Crippen molar-refractivity contribution in [3.05, 3.63) is 94.1 Å². The Hall–Kier alpha value is -3.35. The van der Waals surface area contributed by atoms with Crippen LogP contribution in [0.15, 0.2) is 87.1 Å². The van der Waals surface area contributed by atoms with Crippen LogP contribution >= 0.6 is 23.4 Å². The van der Waals surface area contributed by atoms with Crippen LogP contribution < -0.4 is 0 Å². The molecule has 5 rings (SSSR count). The van der Waals surface area contributed by atoms with Gasteiger partial charge >= 0.3 is 0 Å². The molecule has 2 aromatic carbocycles. The zero-order chi connectivity index (χ0) is 20.7. The maximum absolute atomic E-state index is 12.6. The molecule has 3 heterocycles. The number of rotatable bonds is 3. The summed E-state index contributed by atoms with van der Waals surface area (Å²) in [7, 11) is 0. The van der Waals surface area contributed by atoms with Crippen LogP contribution in [0.25, 0.3) is 23.1 Å². The van der Waals surface area contributed by atoms with Crippen LogP contribution in [0.3, 0.4) is 0 Å². The molecule has 1 amide bonds. The van der Waals surface area contributed by atoms with Crippen LogP contribution in [0.2, 0.25) is 5.02 Å². The van der Waals surface area contributed by atoms with Crippen molar-refractivity contribution in [3.8, 4) is 11.3 Å². The molecule has 0 aliphatic carbocycles. The molecule has 2 aliphatic rings. The molecule has 3 aromatic rings. The van der Waals surface area contributed by atoms with E-state index in [2.05, 4.69) is 4.99 Å². The first kappa shape index (κ1) is 18.7. The van der Waals surface area contributed by atoms with E-state index in [9.17, 15) is 4.79 Å². The van der Waals surface area contributed by atoms with Gasteiger partial charge in [0, 0.05) is 11.0 Å². The largest absolute Gasteiger partial charge is 0.457 e. The first-order valence-corrected chi connectivity index (χ1v) is 10.4. The number of nitrogens with one attached hydrogen (secondary N) is 1. The van der Waals surface area contributed by atoms with Crippen molar-refractivity contribution in [1.29, 1.82) is 5.41 Å². The number of hydrogen-bond acceptors (Lipinski definition) is 4.